The van der Waals surface area contributed by atoms with E-state index in [9.17, 15) is 0 Å². The summed E-state index contributed by atoms with van der Waals surface area (Å²) in [6, 6.07) is 7.39. The Morgan fingerprint density at radius 2 is 1.90 bits per heavy atom. The van der Waals surface area contributed by atoms with Crippen molar-refractivity contribution in [3.63, 3.8) is 0 Å². The summed E-state index contributed by atoms with van der Waals surface area (Å²) >= 11 is 19.7. The number of benzene rings is 1. The summed E-state index contributed by atoms with van der Waals surface area (Å²) < 4.78 is 0. The molecular weight excluding hydrogens is 335 g/mol. The van der Waals surface area contributed by atoms with E-state index < -0.39 is 0 Å². The van der Waals surface area contributed by atoms with Crippen LogP contribution in [0, 0.1) is 0 Å². The van der Waals surface area contributed by atoms with Gasteiger partial charge in [-0.05, 0) is 23.8 Å². The molecule has 0 aliphatic heterocycles. The summed E-state index contributed by atoms with van der Waals surface area (Å²) in [4.78, 5) is 4.95. The molecule has 6 heteroatoms. The van der Waals surface area contributed by atoms with Gasteiger partial charge in [0.1, 0.15) is 0 Å². The fraction of sp³-hybridized carbons (Fsp3) is 0.214. The van der Waals surface area contributed by atoms with Gasteiger partial charge in [0.25, 0.3) is 0 Å². The average Bonchev–Trinajstić information content (AvgIpc) is 2.42. The molecule has 0 amide bonds. The van der Waals surface area contributed by atoms with E-state index in [1.54, 1.807) is 30.1 Å². The number of halogens is 3. The first-order valence-electron chi connectivity index (χ1n) is 6.04. The molecular formula is C14H13Cl3N2S. The number of hydrogen-bond acceptors (Lipinski definition) is 3. The minimum absolute atomic E-state index is 0.555. The lowest BCUT2D eigenvalue weighted by molar-refractivity contribution is 0.729. The van der Waals surface area contributed by atoms with E-state index in [0.717, 1.165) is 23.7 Å². The van der Waals surface area contributed by atoms with Crippen LogP contribution in [0.5, 0.6) is 0 Å². The molecule has 0 unspecified atom stereocenters. The highest BCUT2D eigenvalue weighted by Gasteiger charge is 2.08. The Bertz CT molecular complexity index is 541. The van der Waals surface area contributed by atoms with Crippen molar-refractivity contribution in [1.82, 2.24) is 10.3 Å². The molecule has 0 aliphatic carbocycles. The van der Waals surface area contributed by atoms with Crippen molar-refractivity contribution >= 4 is 46.6 Å². The number of aromatic nitrogens is 1. The van der Waals surface area contributed by atoms with Gasteiger partial charge >= 0.3 is 0 Å². The molecule has 2 aromatic rings. The van der Waals surface area contributed by atoms with Crippen LogP contribution in [0.3, 0.4) is 0 Å². The Balaban J connectivity index is 1.76. The zero-order valence-corrected chi connectivity index (χ0v) is 13.7. The summed E-state index contributed by atoms with van der Waals surface area (Å²) in [5.41, 5.74) is 1.17. The molecule has 0 bridgehead atoms. The molecule has 2 rings (SSSR count). The summed E-state index contributed by atoms with van der Waals surface area (Å²) in [6.07, 6.45) is 3.62. The van der Waals surface area contributed by atoms with Crippen LogP contribution in [0.25, 0.3) is 0 Å². The minimum Gasteiger partial charge on any atom is -0.312 e. The predicted molar refractivity (Wildman–Crippen MR) is 88.1 cm³/mol. The Morgan fingerprint density at radius 3 is 2.55 bits per heavy atom. The first-order chi connectivity index (χ1) is 9.66. The quantitative estimate of drug-likeness (QED) is 0.593. The number of thioether (sulfide) groups is 1. The number of rotatable bonds is 6. The fourth-order valence-electron chi connectivity index (χ4n) is 1.63. The van der Waals surface area contributed by atoms with Crippen molar-refractivity contribution in [3.05, 3.63) is 57.3 Å². The summed E-state index contributed by atoms with van der Waals surface area (Å²) in [5.74, 6) is 0.876. The molecule has 2 nitrogen and oxygen atoms in total. The molecule has 0 atom stereocenters. The van der Waals surface area contributed by atoms with Gasteiger partial charge in [0.05, 0.1) is 10.0 Å². The first-order valence-corrected chi connectivity index (χ1v) is 8.16. The zero-order chi connectivity index (χ0) is 14.4. The van der Waals surface area contributed by atoms with Gasteiger partial charge < -0.3 is 5.32 Å². The van der Waals surface area contributed by atoms with E-state index in [4.69, 9.17) is 34.8 Å². The van der Waals surface area contributed by atoms with Crippen LogP contribution in [0.4, 0.5) is 0 Å². The van der Waals surface area contributed by atoms with Gasteiger partial charge in [0.15, 0.2) is 0 Å². The lowest BCUT2D eigenvalue weighted by atomic mass is 10.3. The Labute approximate surface area is 137 Å². The molecule has 1 N–H and O–H groups in total. The summed E-state index contributed by atoms with van der Waals surface area (Å²) in [5, 5.41) is 5.10. The van der Waals surface area contributed by atoms with Crippen molar-refractivity contribution in [2.24, 2.45) is 0 Å². The first kappa shape index (κ1) is 15.9. The van der Waals surface area contributed by atoms with E-state index >= 15 is 0 Å². The Kier molecular flexibility index (Phi) is 6.46. The second kappa shape index (κ2) is 8.11. The number of hydrogen-bond donors (Lipinski definition) is 1. The van der Waals surface area contributed by atoms with Crippen LogP contribution in [0.15, 0.2) is 41.6 Å². The van der Waals surface area contributed by atoms with Gasteiger partial charge in [-0.1, -0.05) is 40.9 Å². The van der Waals surface area contributed by atoms with Gasteiger partial charge in [0.2, 0.25) is 0 Å². The van der Waals surface area contributed by atoms with Crippen LogP contribution < -0.4 is 5.32 Å². The average molecular weight is 348 g/mol. The molecule has 0 aliphatic rings. The minimum atomic E-state index is 0.555. The number of pyridine rings is 1. The van der Waals surface area contributed by atoms with E-state index in [0.29, 0.717) is 15.1 Å². The van der Waals surface area contributed by atoms with E-state index in [2.05, 4.69) is 10.3 Å². The zero-order valence-electron chi connectivity index (χ0n) is 10.6. The second-order valence-corrected chi connectivity index (χ2v) is 6.44. The SMILES string of the molecule is Clc1cc(Cl)c(SCCNCc2cccnc2)c(Cl)c1. The maximum Gasteiger partial charge on any atom is 0.0571 e. The Morgan fingerprint density at radius 1 is 1.15 bits per heavy atom. The van der Waals surface area contributed by atoms with Gasteiger partial charge in [-0.15, -0.1) is 11.8 Å². The van der Waals surface area contributed by atoms with Crippen molar-refractivity contribution in [2.75, 3.05) is 12.3 Å². The third kappa shape index (κ3) is 4.83. The van der Waals surface area contributed by atoms with E-state index in [1.165, 1.54) is 5.56 Å². The lowest BCUT2D eigenvalue weighted by Crippen LogP contribution is -2.16. The van der Waals surface area contributed by atoms with Crippen LogP contribution in [-0.4, -0.2) is 17.3 Å². The summed E-state index contributed by atoms with van der Waals surface area (Å²) in [7, 11) is 0. The van der Waals surface area contributed by atoms with Crippen LogP contribution >= 0.6 is 46.6 Å². The largest absolute Gasteiger partial charge is 0.312 e. The third-order valence-electron chi connectivity index (χ3n) is 2.54. The van der Waals surface area contributed by atoms with Crippen molar-refractivity contribution in [2.45, 2.75) is 11.4 Å². The predicted octanol–water partition coefficient (Wildman–Crippen LogP) is 4.92. The highest BCUT2D eigenvalue weighted by molar-refractivity contribution is 7.99. The van der Waals surface area contributed by atoms with Gasteiger partial charge in [-0.25, -0.2) is 0 Å². The van der Waals surface area contributed by atoms with Crippen molar-refractivity contribution in [1.29, 1.82) is 0 Å². The van der Waals surface area contributed by atoms with Gasteiger partial charge in [-0.3, -0.25) is 4.98 Å². The standard InChI is InChI=1S/C14H13Cl3N2S/c15-11-6-12(16)14(13(17)7-11)20-5-4-19-9-10-2-1-3-18-8-10/h1-3,6-8,19H,4-5,9H2. The van der Waals surface area contributed by atoms with Gasteiger partial charge in [0, 0.05) is 41.2 Å². The van der Waals surface area contributed by atoms with Crippen LogP contribution in [0.2, 0.25) is 15.1 Å². The monoisotopic (exact) mass is 346 g/mol. The number of nitrogens with zero attached hydrogens (tertiary/aromatic N) is 1. The van der Waals surface area contributed by atoms with Crippen LogP contribution in [-0.2, 0) is 6.54 Å². The topological polar surface area (TPSA) is 24.9 Å². The van der Waals surface area contributed by atoms with E-state index in [-0.39, 0.29) is 0 Å². The second-order valence-electron chi connectivity index (χ2n) is 4.09. The highest BCUT2D eigenvalue weighted by atomic mass is 35.5. The third-order valence-corrected chi connectivity index (χ3v) is 4.72. The fourth-order valence-corrected chi connectivity index (χ4v) is 3.62. The molecule has 106 valence electrons. The highest BCUT2D eigenvalue weighted by Crippen LogP contribution is 2.36. The van der Waals surface area contributed by atoms with Crippen LogP contribution in [0.1, 0.15) is 5.56 Å². The number of nitrogens with one attached hydrogen (secondary N) is 1. The summed E-state index contributed by atoms with van der Waals surface area (Å²) in [6.45, 7) is 1.66. The van der Waals surface area contributed by atoms with Crippen molar-refractivity contribution in [3.8, 4) is 0 Å². The smallest absolute Gasteiger partial charge is 0.0571 e. The van der Waals surface area contributed by atoms with Gasteiger partial charge in [-0.2, -0.15) is 0 Å². The molecule has 1 heterocycles. The van der Waals surface area contributed by atoms with Crippen molar-refractivity contribution < 1.29 is 0 Å². The lowest BCUT2D eigenvalue weighted by Gasteiger charge is -2.08. The molecule has 1 aromatic heterocycles. The maximum atomic E-state index is 6.13. The molecule has 1 aromatic carbocycles. The van der Waals surface area contributed by atoms with E-state index in [1.807, 2.05) is 18.3 Å². The molecule has 0 spiro atoms. The molecule has 0 fully saturated rings. The molecule has 20 heavy (non-hydrogen) atoms. The molecule has 0 radical (unpaired) electrons. The maximum absolute atomic E-state index is 6.13. The molecule has 0 saturated carbocycles. The normalized spacial score (nSPS) is 10.8. The molecule has 0 saturated heterocycles. The Hall–Kier alpha value is -0.450.